The molecule has 0 N–H and O–H groups in total. The average molecular weight is 431 g/mol. The van der Waals surface area contributed by atoms with Crippen LogP contribution in [0.3, 0.4) is 0 Å². The van der Waals surface area contributed by atoms with Crippen LogP contribution in [-0.4, -0.2) is 4.40 Å². The molecule has 0 amide bonds. The predicted molar refractivity (Wildman–Crippen MR) is 143 cm³/mol. The van der Waals surface area contributed by atoms with Crippen molar-refractivity contribution in [3.05, 3.63) is 103 Å². The molecule has 0 aliphatic heterocycles. The van der Waals surface area contributed by atoms with Gasteiger partial charge in [-0.1, -0.05) is 66.7 Å². The van der Waals surface area contributed by atoms with Crippen LogP contribution in [0, 0.1) is 0 Å². The molecule has 0 aliphatic rings. The van der Waals surface area contributed by atoms with Gasteiger partial charge in [0.25, 0.3) is 0 Å². The summed E-state index contributed by atoms with van der Waals surface area (Å²) in [5.74, 6) is 0. The van der Waals surface area contributed by atoms with E-state index in [1.807, 2.05) is 6.07 Å². The summed E-state index contributed by atoms with van der Waals surface area (Å²) in [6, 6.07) is 37.4. The maximum Gasteiger partial charge on any atom is 0.145 e. The third-order valence-corrected chi connectivity index (χ3v) is 7.63. The summed E-state index contributed by atoms with van der Waals surface area (Å²) in [6.07, 6.45) is 0. The van der Waals surface area contributed by atoms with Gasteiger partial charge < -0.3 is 8.82 Å². The molecular weight excluding hydrogens is 414 g/mol. The van der Waals surface area contributed by atoms with E-state index in [-0.39, 0.29) is 0 Å². The van der Waals surface area contributed by atoms with E-state index < -0.39 is 0 Å². The van der Waals surface area contributed by atoms with Crippen LogP contribution < -0.4 is 0 Å². The molecule has 0 spiro atoms. The van der Waals surface area contributed by atoms with Crippen LogP contribution in [-0.2, 0) is 0 Å². The number of rotatable bonds is 0. The lowest BCUT2D eigenvalue weighted by Gasteiger charge is -2.03. The minimum atomic E-state index is 0.942. The van der Waals surface area contributed by atoms with Gasteiger partial charge in [-0.05, 0) is 57.9 Å². The standard InChI is InChI=1S/C32H17NO/c1-3-9-20-15-27-23(13-18(20)7-1)24-17-25-22-11-5-6-12-29(22)34-32(25)30-26-14-19-8-2-4-10-21(19)16-28(26)33(27)31(24)30/h1-17H. The highest BCUT2D eigenvalue weighted by Crippen LogP contribution is 2.46. The van der Waals surface area contributed by atoms with Crippen molar-refractivity contribution in [3.63, 3.8) is 0 Å². The topological polar surface area (TPSA) is 17.6 Å². The van der Waals surface area contributed by atoms with Gasteiger partial charge in [-0.15, -0.1) is 0 Å². The normalized spacial score (nSPS) is 12.7. The van der Waals surface area contributed by atoms with Gasteiger partial charge in [0.1, 0.15) is 11.2 Å². The second-order valence-corrected chi connectivity index (χ2v) is 9.39. The summed E-state index contributed by atoms with van der Waals surface area (Å²) in [6.45, 7) is 0. The van der Waals surface area contributed by atoms with Crippen LogP contribution in [0.1, 0.15) is 0 Å². The lowest BCUT2D eigenvalue weighted by molar-refractivity contribution is 0.673. The summed E-state index contributed by atoms with van der Waals surface area (Å²) in [5, 5.41) is 12.4. The van der Waals surface area contributed by atoms with Gasteiger partial charge in [-0.3, -0.25) is 0 Å². The SMILES string of the molecule is c1ccc2cc3c(cc2c1)c1cc2c4ccccc4oc2c2c4cc5ccccc5cc4n3c12. The van der Waals surface area contributed by atoms with E-state index >= 15 is 0 Å². The van der Waals surface area contributed by atoms with Crippen molar-refractivity contribution in [1.82, 2.24) is 4.40 Å². The van der Waals surface area contributed by atoms with E-state index in [9.17, 15) is 0 Å². The maximum atomic E-state index is 6.54. The Labute approximate surface area is 193 Å². The smallest absolute Gasteiger partial charge is 0.145 e. The first-order chi connectivity index (χ1) is 16.8. The second kappa shape index (κ2) is 5.67. The van der Waals surface area contributed by atoms with Crippen molar-refractivity contribution in [3.8, 4) is 0 Å². The number of para-hydroxylation sites is 1. The fourth-order valence-electron chi connectivity index (χ4n) is 6.15. The molecule has 3 heterocycles. The van der Waals surface area contributed by atoms with Gasteiger partial charge in [0, 0.05) is 26.9 Å². The summed E-state index contributed by atoms with van der Waals surface area (Å²) < 4.78 is 9.00. The number of hydrogen-bond donors (Lipinski definition) is 0. The zero-order chi connectivity index (χ0) is 22.0. The molecule has 0 bridgehead atoms. The minimum Gasteiger partial charge on any atom is -0.455 e. The van der Waals surface area contributed by atoms with Gasteiger partial charge in [0.15, 0.2) is 0 Å². The highest BCUT2D eigenvalue weighted by Gasteiger charge is 2.23. The molecule has 9 aromatic rings. The number of fused-ring (bicyclic) bond motifs is 12. The Bertz CT molecular complexity index is 2270. The molecule has 0 atom stereocenters. The Morgan fingerprint density at radius 2 is 1.06 bits per heavy atom. The maximum absolute atomic E-state index is 6.54. The summed E-state index contributed by atoms with van der Waals surface area (Å²) >= 11 is 0. The fraction of sp³-hybridized carbons (Fsp3) is 0. The largest absolute Gasteiger partial charge is 0.455 e. The molecule has 34 heavy (non-hydrogen) atoms. The lowest BCUT2D eigenvalue weighted by Crippen LogP contribution is -1.82. The van der Waals surface area contributed by atoms with Crippen LogP contribution in [0.15, 0.2) is 108 Å². The molecule has 2 nitrogen and oxygen atoms in total. The van der Waals surface area contributed by atoms with Crippen LogP contribution in [0.4, 0.5) is 0 Å². The third-order valence-electron chi connectivity index (χ3n) is 7.63. The zero-order valence-corrected chi connectivity index (χ0v) is 18.2. The van der Waals surface area contributed by atoms with Gasteiger partial charge >= 0.3 is 0 Å². The fourth-order valence-corrected chi connectivity index (χ4v) is 6.15. The Hall–Kier alpha value is -4.56. The first-order valence-corrected chi connectivity index (χ1v) is 11.7. The predicted octanol–water partition coefficient (Wildman–Crippen LogP) is 9.04. The van der Waals surface area contributed by atoms with E-state index in [0.29, 0.717) is 0 Å². The van der Waals surface area contributed by atoms with Crippen LogP contribution >= 0.6 is 0 Å². The van der Waals surface area contributed by atoms with Gasteiger partial charge in [0.05, 0.1) is 21.9 Å². The van der Waals surface area contributed by atoms with Crippen LogP contribution in [0.25, 0.3) is 81.6 Å². The van der Waals surface area contributed by atoms with Crippen molar-refractivity contribution in [2.24, 2.45) is 0 Å². The molecule has 0 aliphatic carbocycles. The second-order valence-electron chi connectivity index (χ2n) is 9.39. The van der Waals surface area contributed by atoms with Crippen molar-refractivity contribution >= 4 is 81.6 Å². The Morgan fingerprint density at radius 3 is 1.79 bits per heavy atom. The first-order valence-electron chi connectivity index (χ1n) is 11.7. The number of benzene rings is 6. The van der Waals surface area contributed by atoms with Crippen molar-refractivity contribution < 1.29 is 4.42 Å². The molecule has 0 fully saturated rings. The number of hydrogen-bond acceptors (Lipinski definition) is 1. The van der Waals surface area contributed by atoms with Crippen molar-refractivity contribution in [1.29, 1.82) is 0 Å². The highest BCUT2D eigenvalue weighted by molar-refractivity contribution is 6.34. The van der Waals surface area contributed by atoms with E-state index in [1.54, 1.807) is 0 Å². The number of nitrogens with zero attached hydrogens (tertiary/aromatic N) is 1. The molecule has 9 rings (SSSR count). The first kappa shape index (κ1) is 17.0. The molecule has 156 valence electrons. The van der Waals surface area contributed by atoms with Gasteiger partial charge in [-0.25, -0.2) is 0 Å². The number of furan rings is 1. The zero-order valence-electron chi connectivity index (χ0n) is 18.2. The van der Waals surface area contributed by atoms with Gasteiger partial charge in [-0.2, -0.15) is 0 Å². The summed E-state index contributed by atoms with van der Waals surface area (Å²) in [4.78, 5) is 0. The number of aromatic nitrogens is 1. The van der Waals surface area contributed by atoms with Crippen molar-refractivity contribution in [2.45, 2.75) is 0 Å². The van der Waals surface area contributed by atoms with E-state index in [0.717, 1.165) is 11.2 Å². The molecular formula is C32H17NO. The molecule has 0 saturated carbocycles. The molecule has 3 aromatic heterocycles. The van der Waals surface area contributed by atoms with Crippen LogP contribution in [0.2, 0.25) is 0 Å². The third kappa shape index (κ3) is 1.90. The lowest BCUT2D eigenvalue weighted by atomic mass is 10.0. The summed E-state index contributed by atoms with van der Waals surface area (Å²) in [7, 11) is 0. The van der Waals surface area contributed by atoms with Crippen molar-refractivity contribution in [2.75, 3.05) is 0 Å². The molecule has 0 unspecified atom stereocenters. The summed E-state index contributed by atoms with van der Waals surface area (Å²) in [5.41, 5.74) is 5.66. The van der Waals surface area contributed by atoms with E-state index in [1.165, 1.54) is 70.4 Å². The molecule has 0 saturated heterocycles. The average Bonchev–Trinajstić information content (AvgIpc) is 3.51. The quantitative estimate of drug-likeness (QED) is 0.234. The minimum absolute atomic E-state index is 0.942. The highest BCUT2D eigenvalue weighted by atomic mass is 16.3. The Balaban J connectivity index is 1.67. The van der Waals surface area contributed by atoms with Crippen LogP contribution in [0.5, 0.6) is 0 Å². The molecule has 0 radical (unpaired) electrons. The van der Waals surface area contributed by atoms with E-state index in [4.69, 9.17) is 4.42 Å². The molecule has 2 heteroatoms. The Kier molecular flexibility index (Phi) is 2.83. The Morgan fingerprint density at radius 1 is 0.471 bits per heavy atom. The van der Waals surface area contributed by atoms with Gasteiger partial charge in [0.2, 0.25) is 0 Å². The monoisotopic (exact) mass is 431 g/mol. The van der Waals surface area contributed by atoms with E-state index in [2.05, 4.69) is 101 Å². The molecule has 6 aromatic carbocycles.